The molecule has 62 valence electrons. The molecule has 1 rings (SSSR count). The third kappa shape index (κ3) is 2.31. The van der Waals surface area contributed by atoms with E-state index in [-0.39, 0.29) is 5.78 Å². The van der Waals surface area contributed by atoms with E-state index in [1.165, 1.54) is 0 Å². The number of halogens is 1. The first-order chi connectivity index (χ1) is 5.74. The first-order valence-corrected chi connectivity index (χ1v) is 4.46. The van der Waals surface area contributed by atoms with Gasteiger partial charge in [-0.1, -0.05) is 34.1 Å². The van der Waals surface area contributed by atoms with Crippen LogP contribution in [0.15, 0.2) is 40.9 Å². The highest BCUT2D eigenvalue weighted by molar-refractivity contribution is 9.10. The van der Waals surface area contributed by atoms with E-state index >= 15 is 0 Å². The summed E-state index contributed by atoms with van der Waals surface area (Å²) in [6.07, 6.45) is 3.30. The molecule has 0 N–H and O–H groups in total. The topological polar surface area (TPSA) is 17.1 Å². The Kier molecular flexibility index (Phi) is 3.23. The smallest absolute Gasteiger partial charge is 0.185 e. The summed E-state index contributed by atoms with van der Waals surface area (Å²) in [5, 5.41) is 0. The summed E-state index contributed by atoms with van der Waals surface area (Å²) in [5.41, 5.74) is 0.711. The normalized spacial score (nSPS) is 10.5. The molecule has 0 spiro atoms. The Labute approximate surface area is 80.2 Å². The lowest BCUT2D eigenvalue weighted by Crippen LogP contribution is -1.92. The minimum atomic E-state index is 0.0406. The van der Waals surface area contributed by atoms with Gasteiger partial charge < -0.3 is 0 Å². The van der Waals surface area contributed by atoms with E-state index in [2.05, 4.69) is 15.9 Å². The number of ketones is 1. The molecule has 0 bridgehead atoms. The van der Waals surface area contributed by atoms with Crippen molar-refractivity contribution in [2.75, 3.05) is 0 Å². The molecule has 2 heteroatoms. The molecule has 1 aromatic carbocycles. The minimum Gasteiger partial charge on any atom is -0.289 e. The summed E-state index contributed by atoms with van der Waals surface area (Å²) in [6.45, 7) is 1.83. The zero-order valence-corrected chi connectivity index (χ0v) is 8.34. The van der Waals surface area contributed by atoms with E-state index in [9.17, 15) is 4.79 Å². The summed E-state index contributed by atoms with van der Waals surface area (Å²) >= 11 is 3.31. The predicted molar refractivity (Wildman–Crippen MR) is 53.3 cm³/mol. The third-order valence-electron chi connectivity index (χ3n) is 1.43. The van der Waals surface area contributed by atoms with Crippen LogP contribution in [-0.2, 0) is 0 Å². The molecule has 0 aliphatic rings. The maximum atomic E-state index is 11.3. The number of allylic oxidation sites excluding steroid dienone is 2. The zero-order valence-electron chi connectivity index (χ0n) is 6.75. The standard InChI is InChI=1S/C10H9BrO/c1-2-4-10(12)8-5-3-6-9(11)7-8/h2-7H,1H3. The number of carbonyl (C=O) groups excluding carboxylic acids is 1. The van der Waals surface area contributed by atoms with Gasteiger partial charge in [0.2, 0.25) is 0 Å². The quantitative estimate of drug-likeness (QED) is 0.557. The van der Waals surface area contributed by atoms with Crippen LogP contribution >= 0.6 is 15.9 Å². The van der Waals surface area contributed by atoms with Gasteiger partial charge in [0.05, 0.1) is 0 Å². The summed E-state index contributed by atoms with van der Waals surface area (Å²) < 4.78 is 0.929. The molecule has 0 aliphatic heterocycles. The summed E-state index contributed by atoms with van der Waals surface area (Å²) in [6, 6.07) is 7.35. The van der Waals surface area contributed by atoms with E-state index in [0.29, 0.717) is 5.56 Å². The monoisotopic (exact) mass is 224 g/mol. The van der Waals surface area contributed by atoms with Crippen molar-refractivity contribution in [3.05, 3.63) is 46.5 Å². The van der Waals surface area contributed by atoms with Crippen LogP contribution in [0, 0.1) is 0 Å². The molecular formula is C10H9BrO. The molecule has 1 nitrogen and oxygen atoms in total. The van der Waals surface area contributed by atoms with Crippen LogP contribution in [0.3, 0.4) is 0 Å². The molecule has 0 aromatic heterocycles. The van der Waals surface area contributed by atoms with E-state index < -0.39 is 0 Å². The molecule has 0 saturated heterocycles. The molecule has 0 aliphatic carbocycles. The maximum Gasteiger partial charge on any atom is 0.185 e. The predicted octanol–water partition coefficient (Wildman–Crippen LogP) is 3.21. The van der Waals surface area contributed by atoms with Crippen molar-refractivity contribution in [3.63, 3.8) is 0 Å². The number of benzene rings is 1. The molecule has 0 atom stereocenters. The van der Waals surface area contributed by atoms with Gasteiger partial charge in [0.15, 0.2) is 5.78 Å². The van der Waals surface area contributed by atoms with Crippen molar-refractivity contribution >= 4 is 21.7 Å². The molecule has 0 radical (unpaired) electrons. The second-order valence-corrected chi connectivity index (χ2v) is 3.29. The Morgan fingerprint density at radius 2 is 2.25 bits per heavy atom. The van der Waals surface area contributed by atoms with E-state index in [1.54, 1.807) is 18.2 Å². The van der Waals surface area contributed by atoms with Gasteiger partial charge in [-0.2, -0.15) is 0 Å². The molecule has 0 unspecified atom stereocenters. The lowest BCUT2D eigenvalue weighted by atomic mass is 10.1. The number of hydrogen-bond donors (Lipinski definition) is 0. The van der Waals surface area contributed by atoms with Crippen LogP contribution < -0.4 is 0 Å². The Balaban J connectivity index is 2.96. The van der Waals surface area contributed by atoms with Gasteiger partial charge in [-0.05, 0) is 25.1 Å². The van der Waals surface area contributed by atoms with E-state index in [1.807, 2.05) is 25.1 Å². The summed E-state index contributed by atoms with van der Waals surface area (Å²) in [5.74, 6) is 0.0406. The highest BCUT2D eigenvalue weighted by Gasteiger charge is 1.99. The van der Waals surface area contributed by atoms with Crippen molar-refractivity contribution in [1.82, 2.24) is 0 Å². The fourth-order valence-electron chi connectivity index (χ4n) is 0.889. The van der Waals surface area contributed by atoms with Crippen molar-refractivity contribution < 1.29 is 4.79 Å². The Morgan fingerprint density at radius 1 is 1.50 bits per heavy atom. The van der Waals surface area contributed by atoms with Crippen LogP contribution in [0.1, 0.15) is 17.3 Å². The van der Waals surface area contributed by atoms with Gasteiger partial charge in [0.1, 0.15) is 0 Å². The second kappa shape index (κ2) is 4.21. The van der Waals surface area contributed by atoms with E-state index in [0.717, 1.165) is 4.47 Å². The first-order valence-electron chi connectivity index (χ1n) is 3.66. The van der Waals surface area contributed by atoms with Crippen LogP contribution in [0.25, 0.3) is 0 Å². The largest absolute Gasteiger partial charge is 0.289 e. The molecule has 0 heterocycles. The lowest BCUT2D eigenvalue weighted by Gasteiger charge is -1.95. The average molecular weight is 225 g/mol. The zero-order chi connectivity index (χ0) is 8.97. The van der Waals surface area contributed by atoms with Crippen LogP contribution in [0.4, 0.5) is 0 Å². The number of carbonyl (C=O) groups is 1. The summed E-state index contributed by atoms with van der Waals surface area (Å²) in [7, 11) is 0. The first kappa shape index (κ1) is 9.20. The van der Waals surface area contributed by atoms with Gasteiger partial charge in [-0.25, -0.2) is 0 Å². The molecule has 0 amide bonds. The highest BCUT2D eigenvalue weighted by atomic mass is 79.9. The second-order valence-electron chi connectivity index (χ2n) is 2.37. The number of hydrogen-bond acceptors (Lipinski definition) is 1. The van der Waals surface area contributed by atoms with Crippen LogP contribution in [0.5, 0.6) is 0 Å². The molecule has 0 fully saturated rings. The van der Waals surface area contributed by atoms with Crippen molar-refractivity contribution in [2.45, 2.75) is 6.92 Å². The Bertz CT molecular complexity index is 315. The van der Waals surface area contributed by atoms with Crippen LogP contribution in [-0.4, -0.2) is 5.78 Å². The molecule has 0 saturated carbocycles. The third-order valence-corrected chi connectivity index (χ3v) is 1.92. The summed E-state index contributed by atoms with van der Waals surface area (Å²) in [4.78, 5) is 11.3. The Hall–Kier alpha value is -0.890. The molecule has 12 heavy (non-hydrogen) atoms. The van der Waals surface area contributed by atoms with Gasteiger partial charge in [0, 0.05) is 10.0 Å². The van der Waals surface area contributed by atoms with Gasteiger partial charge >= 0.3 is 0 Å². The van der Waals surface area contributed by atoms with Gasteiger partial charge in [-0.3, -0.25) is 4.79 Å². The van der Waals surface area contributed by atoms with Crippen molar-refractivity contribution in [3.8, 4) is 0 Å². The Morgan fingerprint density at radius 3 is 2.83 bits per heavy atom. The maximum absolute atomic E-state index is 11.3. The van der Waals surface area contributed by atoms with Gasteiger partial charge in [-0.15, -0.1) is 0 Å². The van der Waals surface area contributed by atoms with E-state index in [4.69, 9.17) is 0 Å². The fourth-order valence-corrected chi connectivity index (χ4v) is 1.29. The molecular weight excluding hydrogens is 216 g/mol. The van der Waals surface area contributed by atoms with Gasteiger partial charge in [0.25, 0.3) is 0 Å². The SMILES string of the molecule is CC=CC(=O)c1cccc(Br)c1. The lowest BCUT2D eigenvalue weighted by molar-refractivity contribution is 0.104. The average Bonchev–Trinajstić information content (AvgIpc) is 2.05. The molecule has 1 aromatic rings. The van der Waals surface area contributed by atoms with Crippen molar-refractivity contribution in [1.29, 1.82) is 0 Å². The fraction of sp³-hybridized carbons (Fsp3) is 0.100. The van der Waals surface area contributed by atoms with Crippen molar-refractivity contribution in [2.24, 2.45) is 0 Å². The number of rotatable bonds is 2. The highest BCUT2D eigenvalue weighted by Crippen LogP contribution is 2.12. The van der Waals surface area contributed by atoms with Crippen LogP contribution in [0.2, 0.25) is 0 Å². The minimum absolute atomic E-state index is 0.0406.